The maximum Gasteiger partial charge on any atom is 0.335 e. The van der Waals surface area contributed by atoms with Gasteiger partial charge in [-0.25, -0.2) is 9.78 Å². The number of thiazole rings is 1. The Balaban J connectivity index is 1.99. The standard InChI is InChI=1S/C14H9NO2S2/c16-14(17)10-3-1-2-9(6-10)13-15-12(8-19-13)11-4-5-18-7-11/h1-8H,(H,16,17). The van der Waals surface area contributed by atoms with Crippen LogP contribution in [0, 0.1) is 0 Å². The van der Waals surface area contributed by atoms with Crippen molar-refractivity contribution in [2.24, 2.45) is 0 Å². The second-order valence-electron chi connectivity index (χ2n) is 3.94. The summed E-state index contributed by atoms with van der Waals surface area (Å²) >= 11 is 3.15. The van der Waals surface area contributed by atoms with Crippen LogP contribution in [0.3, 0.4) is 0 Å². The van der Waals surface area contributed by atoms with Crippen molar-refractivity contribution in [2.45, 2.75) is 0 Å². The monoisotopic (exact) mass is 287 g/mol. The average Bonchev–Trinajstić information content (AvgIpc) is 3.09. The Morgan fingerprint density at radius 2 is 2.05 bits per heavy atom. The van der Waals surface area contributed by atoms with Gasteiger partial charge < -0.3 is 5.11 Å². The highest BCUT2D eigenvalue weighted by Gasteiger charge is 2.09. The molecule has 3 aromatic rings. The smallest absolute Gasteiger partial charge is 0.335 e. The molecule has 0 spiro atoms. The van der Waals surface area contributed by atoms with E-state index in [1.165, 1.54) is 11.3 Å². The quantitative estimate of drug-likeness (QED) is 0.784. The Labute approximate surface area is 117 Å². The fourth-order valence-corrected chi connectivity index (χ4v) is 3.21. The van der Waals surface area contributed by atoms with E-state index in [0.717, 1.165) is 21.8 Å². The van der Waals surface area contributed by atoms with Crippen LogP contribution in [0.5, 0.6) is 0 Å². The number of rotatable bonds is 3. The van der Waals surface area contributed by atoms with Crippen LogP contribution in [0.25, 0.3) is 21.8 Å². The summed E-state index contributed by atoms with van der Waals surface area (Å²) < 4.78 is 0. The summed E-state index contributed by atoms with van der Waals surface area (Å²) in [5.41, 5.74) is 3.15. The molecule has 0 atom stereocenters. The molecule has 0 aliphatic heterocycles. The van der Waals surface area contributed by atoms with Gasteiger partial charge in [0.05, 0.1) is 11.3 Å². The van der Waals surface area contributed by atoms with Crippen molar-refractivity contribution in [3.63, 3.8) is 0 Å². The minimum absolute atomic E-state index is 0.282. The van der Waals surface area contributed by atoms with Crippen LogP contribution in [0.2, 0.25) is 0 Å². The molecule has 3 nitrogen and oxygen atoms in total. The maximum absolute atomic E-state index is 11.0. The van der Waals surface area contributed by atoms with Gasteiger partial charge in [0, 0.05) is 21.9 Å². The van der Waals surface area contributed by atoms with E-state index in [4.69, 9.17) is 5.11 Å². The highest BCUT2D eigenvalue weighted by atomic mass is 32.1. The molecule has 0 amide bonds. The number of carboxylic acid groups (broad SMARTS) is 1. The van der Waals surface area contributed by atoms with E-state index in [0.29, 0.717) is 0 Å². The van der Waals surface area contributed by atoms with E-state index in [-0.39, 0.29) is 5.56 Å². The summed E-state index contributed by atoms with van der Waals surface area (Å²) in [6, 6.07) is 8.88. The molecular weight excluding hydrogens is 278 g/mol. The lowest BCUT2D eigenvalue weighted by molar-refractivity contribution is 0.0697. The lowest BCUT2D eigenvalue weighted by atomic mass is 10.1. The van der Waals surface area contributed by atoms with Crippen LogP contribution in [-0.2, 0) is 0 Å². The Kier molecular flexibility index (Phi) is 3.15. The van der Waals surface area contributed by atoms with Crippen molar-refractivity contribution >= 4 is 28.6 Å². The highest BCUT2D eigenvalue weighted by molar-refractivity contribution is 7.13. The van der Waals surface area contributed by atoms with Crippen LogP contribution in [0.4, 0.5) is 0 Å². The van der Waals surface area contributed by atoms with Crippen LogP contribution in [0.1, 0.15) is 10.4 Å². The third kappa shape index (κ3) is 2.43. The molecule has 0 bridgehead atoms. The van der Waals surface area contributed by atoms with Crippen LogP contribution in [0.15, 0.2) is 46.5 Å². The number of benzene rings is 1. The molecule has 2 aromatic heterocycles. The van der Waals surface area contributed by atoms with E-state index in [2.05, 4.69) is 4.98 Å². The summed E-state index contributed by atoms with van der Waals surface area (Å²) in [5.74, 6) is -0.920. The van der Waals surface area contributed by atoms with Crippen molar-refractivity contribution < 1.29 is 9.90 Å². The van der Waals surface area contributed by atoms with Gasteiger partial charge in [-0.1, -0.05) is 12.1 Å². The van der Waals surface area contributed by atoms with Crippen molar-refractivity contribution in [2.75, 3.05) is 0 Å². The fraction of sp³-hybridized carbons (Fsp3) is 0. The molecule has 19 heavy (non-hydrogen) atoms. The molecule has 0 saturated carbocycles. The lowest BCUT2D eigenvalue weighted by Crippen LogP contribution is -1.95. The van der Waals surface area contributed by atoms with Crippen LogP contribution in [-0.4, -0.2) is 16.1 Å². The summed E-state index contributed by atoms with van der Waals surface area (Å²) in [5, 5.41) is 15.9. The number of carboxylic acids is 1. The molecule has 1 N–H and O–H groups in total. The second-order valence-corrected chi connectivity index (χ2v) is 5.57. The first-order valence-electron chi connectivity index (χ1n) is 5.56. The van der Waals surface area contributed by atoms with E-state index in [1.54, 1.807) is 29.5 Å². The normalized spacial score (nSPS) is 10.5. The topological polar surface area (TPSA) is 50.2 Å². The zero-order valence-electron chi connectivity index (χ0n) is 9.74. The van der Waals surface area contributed by atoms with E-state index in [1.807, 2.05) is 28.3 Å². The molecule has 2 heterocycles. The average molecular weight is 287 g/mol. The van der Waals surface area contributed by atoms with Crippen molar-refractivity contribution in [1.29, 1.82) is 0 Å². The number of nitrogens with zero attached hydrogens (tertiary/aromatic N) is 1. The minimum atomic E-state index is -0.920. The van der Waals surface area contributed by atoms with Gasteiger partial charge in [0.2, 0.25) is 0 Å². The molecular formula is C14H9NO2S2. The zero-order valence-corrected chi connectivity index (χ0v) is 11.4. The second kappa shape index (κ2) is 4.95. The largest absolute Gasteiger partial charge is 0.478 e. The van der Waals surface area contributed by atoms with Gasteiger partial charge in [0.25, 0.3) is 0 Å². The van der Waals surface area contributed by atoms with Crippen LogP contribution < -0.4 is 0 Å². The van der Waals surface area contributed by atoms with Gasteiger partial charge in [-0.15, -0.1) is 11.3 Å². The number of carbonyl (C=O) groups is 1. The predicted octanol–water partition coefficient (Wildman–Crippen LogP) is 4.24. The zero-order chi connectivity index (χ0) is 13.2. The molecule has 5 heteroatoms. The number of hydrogen-bond donors (Lipinski definition) is 1. The first-order chi connectivity index (χ1) is 9.24. The van der Waals surface area contributed by atoms with E-state index < -0.39 is 5.97 Å². The van der Waals surface area contributed by atoms with Gasteiger partial charge >= 0.3 is 5.97 Å². The molecule has 0 unspecified atom stereocenters. The Morgan fingerprint density at radius 1 is 1.16 bits per heavy atom. The molecule has 3 rings (SSSR count). The highest BCUT2D eigenvalue weighted by Crippen LogP contribution is 2.30. The molecule has 0 aliphatic rings. The number of aromatic nitrogens is 1. The minimum Gasteiger partial charge on any atom is -0.478 e. The van der Waals surface area contributed by atoms with E-state index >= 15 is 0 Å². The lowest BCUT2D eigenvalue weighted by Gasteiger charge is -1.98. The summed E-state index contributed by atoms with van der Waals surface area (Å²) in [4.78, 5) is 15.5. The van der Waals surface area contributed by atoms with E-state index in [9.17, 15) is 4.79 Å². The molecule has 94 valence electrons. The SMILES string of the molecule is O=C(O)c1cccc(-c2nc(-c3ccsc3)cs2)c1. The number of aromatic carboxylic acids is 1. The summed E-state index contributed by atoms with van der Waals surface area (Å²) in [6.45, 7) is 0. The van der Waals surface area contributed by atoms with Crippen molar-refractivity contribution in [3.05, 3.63) is 52.0 Å². The Morgan fingerprint density at radius 3 is 2.79 bits per heavy atom. The number of hydrogen-bond acceptors (Lipinski definition) is 4. The fourth-order valence-electron chi connectivity index (χ4n) is 1.73. The summed E-state index contributed by atoms with van der Waals surface area (Å²) in [6.07, 6.45) is 0. The Hall–Kier alpha value is -1.98. The molecule has 0 saturated heterocycles. The third-order valence-electron chi connectivity index (χ3n) is 2.68. The maximum atomic E-state index is 11.0. The van der Waals surface area contributed by atoms with Gasteiger partial charge in [0.15, 0.2) is 0 Å². The van der Waals surface area contributed by atoms with Crippen LogP contribution >= 0.6 is 22.7 Å². The van der Waals surface area contributed by atoms with Gasteiger partial charge in [0.1, 0.15) is 5.01 Å². The molecule has 1 aromatic carbocycles. The molecule has 0 fully saturated rings. The molecule has 0 radical (unpaired) electrons. The number of thiophene rings is 1. The molecule has 0 aliphatic carbocycles. The summed E-state index contributed by atoms with van der Waals surface area (Å²) in [7, 11) is 0. The van der Waals surface area contributed by atoms with Crippen molar-refractivity contribution in [1.82, 2.24) is 4.98 Å². The predicted molar refractivity (Wildman–Crippen MR) is 77.8 cm³/mol. The van der Waals surface area contributed by atoms with Gasteiger partial charge in [-0.05, 0) is 23.6 Å². The first kappa shape index (κ1) is 12.1. The third-order valence-corrected chi connectivity index (χ3v) is 4.25. The Bertz CT molecular complexity index is 717. The van der Waals surface area contributed by atoms with Gasteiger partial charge in [-0.2, -0.15) is 11.3 Å². The van der Waals surface area contributed by atoms with Crippen molar-refractivity contribution in [3.8, 4) is 21.8 Å². The first-order valence-corrected chi connectivity index (χ1v) is 7.38. The van der Waals surface area contributed by atoms with Gasteiger partial charge in [-0.3, -0.25) is 0 Å².